The number of benzene rings is 1. The molecule has 8 heteroatoms. The summed E-state index contributed by atoms with van der Waals surface area (Å²) >= 11 is 0. The maximum atomic E-state index is 11.9. The fourth-order valence-corrected chi connectivity index (χ4v) is 3.95. The van der Waals surface area contributed by atoms with Crippen LogP contribution in [0.25, 0.3) is 0 Å². The standard InChI is InChI=1S/C13H22N2O4S2/c1-11(2)14-20(16,17)10-9-12-5-7-13(8-6-12)21(18,19)15(3)4/h5-8,11,14H,9-10H2,1-4H3. The van der Waals surface area contributed by atoms with Crippen molar-refractivity contribution in [2.75, 3.05) is 19.8 Å². The van der Waals surface area contributed by atoms with Gasteiger partial charge in [0.05, 0.1) is 10.6 Å². The molecule has 0 spiro atoms. The second-order valence-electron chi connectivity index (χ2n) is 5.27. The van der Waals surface area contributed by atoms with Crippen LogP contribution in [0.4, 0.5) is 0 Å². The number of sulfonamides is 2. The molecule has 0 aromatic heterocycles. The monoisotopic (exact) mass is 334 g/mol. The maximum absolute atomic E-state index is 11.9. The van der Waals surface area contributed by atoms with Gasteiger partial charge in [0.15, 0.2) is 0 Å². The topological polar surface area (TPSA) is 83.5 Å². The van der Waals surface area contributed by atoms with Gasteiger partial charge >= 0.3 is 0 Å². The summed E-state index contributed by atoms with van der Waals surface area (Å²) in [4.78, 5) is 0.194. The van der Waals surface area contributed by atoms with Crippen LogP contribution in [0.2, 0.25) is 0 Å². The Morgan fingerprint density at radius 2 is 1.57 bits per heavy atom. The zero-order valence-corrected chi connectivity index (χ0v) is 14.3. The summed E-state index contributed by atoms with van der Waals surface area (Å²) in [6.45, 7) is 3.52. The number of aryl methyl sites for hydroxylation is 1. The highest BCUT2D eigenvalue weighted by atomic mass is 32.2. The fraction of sp³-hybridized carbons (Fsp3) is 0.538. The molecule has 21 heavy (non-hydrogen) atoms. The van der Waals surface area contributed by atoms with E-state index in [4.69, 9.17) is 0 Å². The Bertz CT molecular complexity index is 663. The fourth-order valence-electron chi connectivity index (χ4n) is 1.71. The minimum absolute atomic E-state index is 0.0229. The second-order valence-corrected chi connectivity index (χ2v) is 9.30. The molecule has 1 N–H and O–H groups in total. The van der Waals surface area contributed by atoms with E-state index in [2.05, 4.69) is 4.72 Å². The van der Waals surface area contributed by atoms with Crippen molar-refractivity contribution < 1.29 is 16.8 Å². The third-order valence-electron chi connectivity index (χ3n) is 2.78. The van der Waals surface area contributed by atoms with Crippen LogP contribution in [-0.2, 0) is 26.5 Å². The Morgan fingerprint density at radius 1 is 1.05 bits per heavy atom. The third-order valence-corrected chi connectivity index (χ3v) is 6.18. The van der Waals surface area contributed by atoms with Gasteiger partial charge in [0, 0.05) is 20.1 Å². The van der Waals surface area contributed by atoms with E-state index in [9.17, 15) is 16.8 Å². The van der Waals surface area contributed by atoms with Gasteiger partial charge in [0.2, 0.25) is 20.0 Å². The minimum atomic E-state index is -3.45. The van der Waals surface area contributed by atoms with Gasteiger partial charge in [0.1, 0.15) is 0 Å². The lowest BCUT2D eigenvalue weighted by Crippen LogP contribution is -2.32. The smallest absolute Gasteiger partial charge is 0.213 e. The first-order valence-corrected chi connectivity index (χ1v) is 9.65. The summed E-state index contributed by atoms with van der Waals surface area (Å²) in [5.74, 6) is -0.0229. The molecule has 0 amide bonds. The summed E-state index contributed by atoms with van der Waals surface area (Å²) in [5.41, 5.74) is 0.779. The van der Waals surface area contributed by atoms with Crippen LogP contribution in [0.15, 0.2) is 29.2 Å². The third kappa shape index (κ3) is 5.39. The SMILES string of the molecule is CC(C)NS(=O)(=O)CCc1ccc(S(=O)(=O)N(C)C)cc1. The average molecular weight is 334 g/mol. The zero-order chi connectivity index (χ0) is 16.3. The van der Waals surface area contributed by atoms with Crippen LogP contribution < -0.4 is 4.72 Å². The van der Waals surface area contributed by atoms with Crippen LogP contribution in [0.1, 0.15) is 19.4 Å². The summed E-state index contributed by atoms with van der Waals surface area (Å²) in [5, 5.41) is 0. The van der Waals surface area contributed by atoms with Gasteiger partial charge in [-0.2, -0.15) is 0 Å². The number of nitrogens with one attached hydrogen (secondary N) is 1. The molecule has 0 atom stereocenters. The molecule has 0 saturated heterocycles. The Morgan fingerprint density at radius 3 is 2.00 bits per heavy atom. The first-order chi connectivity index (χ1) is 9.54. The molecule has 0 aliphatic carbocycles. The molecule has 0 bridgehead atoms. The van der Waals surface area contributed by atoms with Crippen LogP contribution in [0.5, 0.6) is 0 Å². The van der Waals surface area contributed by atoms with E-state index >= 15 is 0 Å². The van der Waals surface area contributed by atoms with E-state index in [1.165, 1.54) is 26.2 Å². The molecule has 0 unspecified atom stereocenters. The second kappa shape index (κ2) is 6.87. The summed E-state index contributed by atoms with van der Waals surface area (Å²) in [7, 11) is -3.83. The molecule has 0 heterocycles. The lowest BCUT2D eigenvalue weighted by atomic mass is 10.2. The van der Waals surface area contributed by atoms with E-state index in [1.807, 2.05) is 0 Å². The highest BCUT2D eigenvalue weighted by Gasteiger charge is 2.17. The highest BCUT2D eigenvalue weighted by molar-refractivity contribution is 7.89. The van der Waals surface area contributed by atoms with Gasteiger partial charge in [-0.05, 0) is 38.0 Å². The van der Waals surface area contributed by atoms with Crippen molar-refractivity contribution in [2.24, 2.45) is 0 Å². The van der Waals surface area contributed by atoms with Crippen LogP contribution in [-0.4, -0.2) is 47.0 Å². The first kappa shape index (κ1) is 18.1. The van der Waals surface area contributed by atoms with Crippen molar-refractivity contribution >= 4 is 20.0 Å². The number of rotatable bonds is 7. The lowest BCUT2D eigenvalue weighted by molar-refractivity contribution is 0.520. The zero-order valence-electron chi connectivity index (χ0n) is 12.7. The minimum Gasteiger partial charge on any atom is -0.213 e. The molecule has 120 valence electrons. The van der Waals surface area contributed by atoms with E-state index < -0.39 is 20.0 Å². The largest absolute Gasteiger partial charge is 0.242 e. The number of hydrogen-bond acceptors (Lipinski definition) is 4. The average Bonchev–Trinajstić information content (AvgIpc) is 2.35. The van der Waals surface area contributed by atoms with Crippen molar-refractivity contribution in [3.05, 3.63) is 29.8 Å². The van der Waals surface area contributed by atoms with Crippen molar-refractivity contribution in [3.63, 3.8) is 0 Å². The molecule has 0 aliphatic rings. The van der Waals surface area contributed by atoms with Gasteiger partial charge in [-0.15, -0.1) is 0 Å². The van der Waals surface area contributed by atoms with Gasteiger partial charge < -0.3 is 0 Å². The highest BCUT2D eigenvalue weighted by Crippen LogP contribution is 2.14. The maximum Gasteiger partial charge on any atom is 0.242 e. The molecule has 6 nitrogen and oxygen atoms in total. The summed E-state index contributed by atoms with van der Waals surface area (Å²) in [6.07, 6.45) is 0.338. The Kier molecular flexibility index (Phi) is 5.92. The Labute approximate surface area is 127 Å². The van der Waals surface area contributed by atoms with Gasteiger partial charge in [-0.1, -0.05) is 12.1 Å². The van der Waals surface area contributed by atoms with Crippen LogP contribution in [0, 0.1) is 0 Å². The summed E-state index contributed by atoms with van der Waals surface area (Å²) in [6, 6.07) is 6.13. The van der Waals surface area contributed by atoms with Crippen molar-refractivity contribution in [2.45, 2.75) is 31.2 Å². The van der Waals surface area contributed by atoms with Gasteiger partial charge in [-0.25, -0.2) is 25.9 Å². The van der Waals surface area contributed by atoms with Crippen LogP contribution >= 0.6 is 0 Å². The van der Waals surface area contributed by atoms with E-state index in [-0.39, 0.29) is 16.7 Å². The van der Waals surface area contributed by atoms with E-state index in [1.54, 1.807) is 26.0 Å². The molecule has 0 saturated carbocycles. The predicted molar refractivity (Wildman–Crippen MR) is 83.1 cm³/mol. The molecule has 1 aromatic carbocycles. The summed E-state index contributed by atoms with van der Waals surface area (Å²) < 4.78 is 50.9. The number of hydrogen-bond donors (Lipinski definition) is 1. The molecular weight excluding hydrogens is 312 g/mol. The van der Waals surface area contributed by atoms with Crippen LogP contribution in [0.3, 0.4) is 0 Å². The molecule has 1 rings (SSSR count). The van der Waals surface area contributed by atoms with E-state index in [0.29, 0.717) is 6.42 Å². The first-order valence-electron chi connectivity index (χ1n) is 6.56. The predicted octanol–water partition coefficient (Wildman–Crippen LogP) is 0.807. The number of nitrogens with zero attached hydrogens (tertiary/aromatic N) is 1. The Balaban J connectivity index is 2.77. The molecule has 1 aromatic rings. The molecule has 0 radical (unpaired) electrons. The molecular formula is C13H22N2O4S2. The quantitative estimate of drug-likeness (QED) is 0.800. The van der Waals surface area contributed by atoms with E-state index in [0.717, 1.165) is 9.87 Å². The molecule has 0 aliphatic heterocycles. The van der Waals surface area contributed by atoms with Crippen molar-refractivity contribution in [1.82, 2.24) is 9.03 Å². The van der Waals surface area contributed by atoms with Gasteiger partial charge in [0.25, 0.3) is 0 Å². The van der Waals surface area contributed by atoms with Crippen molar-refractivity contribution in [1.29, 1.82) is 0 Å². The van der Waals surface area contributed by atoms with Gasteiger partial charge in [-0.3, -0.25) is 0 Å². The Hall–Kier alpha value is -0.960. The van der Waals surface area contributed by atoms with Crippen molar-refractivity contribution in [3.8, 4) is 0 Å². The normalized spacial score (nSPS) is 13.0. The lowest BCUT2D eigenvalue weighted by Gasteiger charge is -2.12. The molecule has 0 fully saturated rings.